The number of imidazole rings is 1. The summed E-state index contributed by atoms with van der Waals surface area (Å²) in [4.78, 5) is 26.0. The summed E-state index contributed by atoms with van der Waals surface area (Å²) in [6, 6.07) is 0. The van der Waals surface area contributed by atoms with E-state index in [9.17, 15) is 9.59 Å². The lowest BCUT2D eigenvalue weighted by Gasteiger charge is -2.06. The van der Waals surface area contributed by atoms with E-state index in [4.69, 9.17) is 10.8 Å². The maximum atomic E-state index is 11.6. The number of amides is 1. The Morgan fingerprint density at radius 2 is 2.35 bits per heavy atom. The number of nitrogens with one attached hydrogen (secondary N) is 1. The van der Waals surface area contributed by atoms with Crippen LogP contribution >= 0.6 is 0 Å². The van der Waals surface area contributed by atoms with Crippen LogP contribution in [0.4, 0.5) is 0 Å². The van der Waals surface area contributed by atoms with Crippen LogP contribution in [0.3, 0.4) is 0 Å². The van der Waals surface area contributed by atoms with Crippen molar-refractivity contribution in [1.82, 2.24) is 14.9 Å². The fourth-order valence-corrected chi connectivity index (χ4v) is 1.17. The number of nitrogens with two attached hydrogens (primary N) is 1. The fourth-order valence-electron chi connectivity index (χ4n) is 1.17. The average Bonchev–Trinajstić information content (AvgIpc) is 2.74. The molecule has 0 radical (unpaired) electrons. The average molecular weight is 240 g/mol. The summed E-state index contributed by atoms with van der Waals surface area (Å²) in [5, 5.41) is 11.2. The third-order valence-electron chi connectivity index (χ3n) is 2.24. The second-order valence-electron chi connectivity index (χ2n) is 3.73. The summed E-state index contributed by atoms with van der Waals surface area (Å²) in [6.45, 7) is 2.66. The highest BCUT2D eigenvalue weighted by atomic mass is 16.4. The van der Waals surface area contributed by atoms with Gasteiger partial charge in [-0.25, -0.2) is 4.98 Å². The predicted octanol–water partition coefficient (Wildman–Crippen LogP) is -0.708. The van der Waals surface area contributed by atoms with Gasteiger partial charge in [-0.15, -0.1) is 0 Å². The molecule has 1 aromatic heterocycles. The first kappa shape index (κ1) is 13.2. The Labute approximate surface area is 98.6 Å². The quantitative estimate of drug-likeness (QED) is 0.608. The molecule has 0 aliphatic rings. The first-order chi connectivity index (χ1) is 8.04. The molecule has 1 rings (SSSR count). The van der Waals surface area contributed by atoms with Gasteiger partial charge < -0.3 is 20.7 Å². The van der Waals surface area contributed by atoms with Gasteiger partial charge in [0.2, 0.25) is 0 Å². The number of aromatic nitrogens is 2. The number of carboxylic acid groups (broad SMARTS) is 1. The van der Waals surface area contributed by atoms with E-state index < -0.39 is 11.9 Å². The first-order valence-electron chi connectivity index (χ1n) is 5.27. The predicted molar refractivity (Wildman–Crippen MR) is 60.4 cm³/mol. The number of hydrogen-bond acceptors (Lipinski definition) is 4. The number of carboxylic acids is 1. The van der Waals surface area contributed by atoms with E-state index in [0.29, 0.717) is 13.1 Å². The highest BCUT2D eigenvalue weighted by molar-refractivity contribution is 5.92. The van der Waals surface area contributed by atoms with E-state index in [1.54, 1.807) is 10.8 Å². The molecule has 0 saturated heterocycles. The number of rotatable bonds is 6. The highest BCUT2D eigenvalue weighted by Gasteiger charge is 2.14. The molecule has 0 fully saturated rings. The van der Waals surface area contributed by atoms with Crippen LogP contribution < -0.4 is 11.1 Å². The Balaban J connectivity index is 2.49. The van der Waals surface area contributed by atoms with Gasteiger partial charge in [-0.2, -0.15) is 0 Å². The molecule has 7 nitrogen and oxygen atoms in total. The van der Waals surface area contributed by atoms with Crippen LogP contribution in [0, 0.1) is 5.92 Å². The van der Waals surface area contributed by atoms with Crippen LogP contribution in [-0.4, -0.2) is 39.6 Å². The minimum atomic E-state index is -0.945. The van der Waals surface area contributed by atoms with Crippen LogP contribution in [0.25, 0.3) is 0 Å². The van der Waals surface area contributed by atoms with Crippen molar-refractivity contribution in [3.8, 4) is 0 Å². The molecule has 1 heterocycles. The molecule has 1 amide bonds. The van der Waals surface area contributed by atoms with Gasteiger partial charge in [-0.1, -0.05) is 6.92 Å². The third kappa shape index (κ3) is 3.87. The number of carbonyl (C=O) groups excluding carboxylic acids is 1. The van der Waals surface area contributed by atoms with E-state index in [2.05, 4.69) is 10.3 Å². The van der Waals surface area contributed by atoms with E-state index in [0.717, 1.165) is 0 Å². The van der Waals surface area contributed by atoms with Crippen molar-refractivity contribution < 1.29 is 14.7 Å². The summed E-state index contributed by atoms with van der Waals surface area (Å²) in [5.41, 5.74) is 5.62. The van der Waals surface area contributed by atoms with Gasteiger partial charge in [-0.3, -0.25) is 9.59 Å². The second-order valence-corrected chi connectivity index (χ2v) is 3.73. The molecule has 1 aromatic rings. The van der Waals surface area contributed by atoms with Crippen molar-refractivity contribution in [2.24, 2.45) is 11.7 Å². The molecule has 0 spiro atoms. The molecular formula is C10H16N4O3. The van der Waals surface area contributed by atoms with Crippen LogP contribution in [0.5, 0.6) is 0 Å². The molecule has 0 bridgehead atoms. The van der Waals surface area contributed by atoms with Crippen molar-refractivity contribution in [2.45, 2.75) is 13.5 Å². The third-order valence-corrected chi connectivity index (χ3v) is 2.24. The Hall–Kier alpha value is -1.89. The molecule has 94 valence electrons. The van der Waals surface area contributed by atoms with Crippen LogP contribution in [0.1, 0.15) is 17.4 Å². The van der Waals surface area contributed by atoms with Gasteiger partial charge in [-0.05, 0) is 0 Å². The van der Waals surface area contributed by atoms with Crippen molar-refractivity contribution in [3.05, 3.63) is 18.2 Å². The summed E-state index contributed by atoms with van der Waals surface area (Å²) in [7, 11) is 0. The number of aliphatic carboxylic acids is 1. The summed E-state index contributed by atoms with van der Waals surface area (Å²) in [5.74, 6) is -1.95. The van der Waals surface area contributed by atoms with Crippen LogP contribution in [-0.2, 0) is 11.3 Å². The van der Waals surface area contributed by atoms with Gasteiger partial charge in [0.05, 0.1) is 12.2 Å². The van der Waals surface area contributed by atoms with Crippen LogP contribution in [0.2, 0.25) is 0 Å². The fraction of sp³-hybridized carbons (Fsp3) is 0.500. The van der Waals surface area contributed by atoms with Crippen molar-refractivity contribution in [2.75, 3.05) is 13.1 Å². The van der Waals surface area contributed by atoms with Gasteiger partial charge in [0.15, 0.2) is 0 Å². The minimum Gasteiger partial charge on any atom is -0.481 e. The maximum Gasteiger partial charge on any atom is 0.308 e. The monoisotopic (exact) mass is 240 g/mol. The Morgan fingerprint density at radius 1 is 1.65 bits per heavy atom. The van der Waals surface area contributed by atoms with E-state index >= 15 is 0 Å². The van der Waals surface area contributed by atoms with Gasteiger partial charge >= 0.3 is 5.97 Å². The second kappa shape index (κ2) is 6.00. The zero-order chi connectivity index (χ0) is 12.8. The van der Waals surface area contributed by atoms with Gasteiger partial charge in [0.25, 0.3) is 5.91 Å². The van der Waals surface area contributed by atoms with E-state index in [1.807, 2.05) is 0 Å². The molecule has 4 N–H and O–H groups in total. The number of carbonyl (C=O) groups is 2. The topological polar surface area (TPSA) is 110 Å². The molecule has 0 aliphatic carbocycles. The Kier molecular flexibility index (Phi) is 4.65. The lowest BCUT2D eigenvalue weighted by molar-refractivity contribution is -0.140. The zero-order valence-electron chi connectivity index (χ0n) is 9.59. The first-order valence-corrected chi connectivity index (χ1v) is 5.27. The molecule has 0 aromatic carbocycles. The van der Waals surface area contributed by atoms with Crippen LogP contribution in [0.15, 0.2) is 12.5 Å². The van der Waals surface area contributed by atoms with Crippen molar-refractivity contribution in [1.29, 1.82) is 0 Å². The molecule has 7 heteroatoms. The SMILES string of the molecule is CC(CNC(=O)c1cn(CCN)cn1)C(=O)O. The van der Waals surface area contributed by atoms with E-state index in [-0.39, 0.29) is 18.1 Å². The number of nitrogens with zero attached hydrogens (tertiary/aromatic N) is 2. The van der Waals surface area contributed by atoms with Crippen molar-refractivity contribution in [3.63, 3.8) is 0 Å². The lowest BCUT2D eigenvalue weighted by atomic mass is 10.2. The molecule has 0 saturated carbocycles. The highest BCUT2D eigenvalue weighted by Crippen LogP contribution is 1.97. The summed E-state index contributed by atoms with van der Waals surface area (Å²) >= 11 is 0. The summed E-state index contributed by atoms with van der Waals surface area (Å²) < 4.78 is 1.70. The zero-order valence-corrected chi connectivity index (χ0v) is 9.59. The smallest absolute Gasteiger partial charge is 0.308 e. The standard InChI is InChI=1S/C10H16N4O3/c1-7(10(16)17)4-12-9(15)8-5-14(3-2-11)6-13-8/h5-7H,2-4,11H2,1H3,(H,12,15)(H,16,17). The minimum absolute atomic E-state index is 0.0813. The van der Waals surface area contributed by atoms with Gasteiger partial charge in [0.1, 0.15) is 5.69 Å². The Bertz CT molecular complexity index is 402. The largest absolute Gasteiger partial charge is 0.481 e. The summed E-state index contributed by atoms with van der Waals surface area (Å²) in [6.07, 6.45) is 3.09. The lowest BCUT2D eigenvalue weighted by Crippen LogP contribution is -2.31. The Morgan fingerprint density at radius 3 is 2.94 bits per heavy atom. The van der Waals surface area contributed by atoms with Crippen molar-refractivity contribution >= 4 is 11.9 Å². The molecule has 0 aliphatic heterocycles. The molecule has 1 atom stereocenters. The number of hydrogen-bond donors (Lipinski definition) is 3. The maximum absolute atomic E-state index is 11.6. The van der Waals surface area contributed by atoms with E-state index in [1.165, 1.54) is 13.3 Å². The van der Waals surface area contributed by atoms with Gasteiger partial charge in [0, 0.05) is 25.8 Å². The molecule has 1 unspecified atom stereocenters. The molecule has 17 heavy (non-hydrogen) atoms. The molecular weight excluding hydrogens is 224 g/mol. The normalized spacial score (nSPS) is 12.1.